The zero-order valence-corrected chi connectivity index (χ0v) is 17.3. The molecule has 28 heavy (non-hydrogen) atoms. The van der Waals surface area contributed by atoms with E-state index in [2.05, 4.69) is 42.9 Å². The molecule has 7 nitrogen and oxygen atoms in total. The van der Waals surface area contributed by atoms with Crippen LogP contribution < -0.4 is 10.6 Å². The van der Waals surface area contributed by atoms with E-state index in [9.17, 15) is 0 Å². The third kappa shape index (κ3) is 6.80. The van der Waals surface area contributed by atoms with Crippen molar-refractivity contribution in [1.82, 2.24) is 30.3 Å². The number of likely N-dealkylation sites (tertiary alicyclic amines) is 1. The Bertz CT molecular complexity index is 707. The van der Waals surface area contributed by atoms with Crippen LogP contribution in [0.2, 0.25) is 5.02 Å². The number of piperidine rings is 1. The van der Waals surface area contributed by atoms with Crippen LogP contribution in [-0.2, 0) is 13.1 Å². The first-order chi connectivity index (χ1) is 13.7. The Morgan fingerprint density at radius 3 is 2.54 bits per heavy atom. The summed E-state index contributed by atoms with van der Waals surface area (Å²) in [5.74, 6) is 0.903. The van der Waals surface area contributed by atoms with Gasteiger partial charge in [0.25, 0.3) is 0 Å². The molecule has 1 aromatic heterocycles. The third-order valence-corrected chi connectivity index (χ3v) is 5.33. The molecule has 0 aliphatic carbocycles. The minimum atomic E-state index is 0.477. The Morgan fingerprint density at radius 1 is 1.14 bits per heavy atom. The molecule has 1 aliphatic heterocycles. The summed E-state index contributed by atoms with van der Waals surface area (Å²) >= 11 is 5.97. The third-order valence-electron chi connectivity index (χ3n) is 5.07. The molecular formula is C20H30ClN7. The fraction of sp³-hybridized carbons (Fsp3) is 0.550. The lowest BCUT2D eigenvalue weighted by atomic mass is 10.0. The van der Waals surface area contributed by atoms with E-state index in [-0.39, 0.29) is 0 Å². The molecule has 2 N–H and O–H groups in total. The lowest BCUT2D eigenvalue weighted by Crippen LogP contribution is -2.48. The summed E-state index contributed by atoms with van der Waals surface area (Å²) in [7, 11) is 1.84. The Balaban J connectivity index is 1.30. The monoisotopic (exact) mass is 403 g/mol. The lowest BCUT2D eigenvalue weighted by molar-refractivity contribution is 0.198. The molecule has 2 aromatic rings. The summed E-state index contributed by atoms with van der Waals surface area (Å²) in [6.45, 7) is 5.04. The Kier molecular flexibility index (Phi) is 8.11. The van der Waals surface area contributed by atoms with Gasteiger partial charge in [-0.2, -0.15) is 0 Å². The number of benzene rings is 1. The van der Waals surface area contributed by atoms with Gasteiger partial charge in [0.1, 0.15) is 12.7 Å². The van der Waals surface area contributed by atoms with E-state index < -0.39 is 0 Å². The highest BCUT2D eigenvalue weighted by molar-refractivity contribution is 6.30. The van der Waals surface area contributed by atoms with Crippen LogP contribution >= 0.6 is 11.6 Å². The maximum absolute atomic E-state index is 5.97. The summed E-state index contributed by atoms with van der Waals surface area (Å²) in [5.41, 5.74) is 1.32. The molecule has 1 saturated heterocycles. The molecule has 3 rings (SSSR count). The van der Waals surface area contributed by atoms with Crippen LogP contribution in [0, 0.1) is 0 Å². The molecule has 0 radical (unpaired) electrons. The van der Waals surface area contributed by atoms with Crippen molar-refractivity contribution in [1.29, 1.82) is 0 Å². The van der Waals surface area contributed by atoms with E-state index in [1.807, 2.05) is 23.7 Å². The number of hydrogen-bond acceptors (Lipinski definition) is 4. The van der Waals surface area contributed by atoms with Crippen LogP contribution in [-0.4, -0.2) is 58.3 Å². The first-order valence-electron chi connectivity index (χ1n) is 9.99. The fourth-order valence-corrected chi connectivity index (χ4v) is 3.56. The van der Waals surface area contributed by atoms with Crippen LogP contribution in [0.3, 0.4) is 0 Å². The van der Waals surface area contributed by atoms with E-state index in [4.69, 9.17) is 11.6 Å². The highest BCUT2D eigenvalue weighted by atomic mass is 35.5. The second-order valence-corrected chi connectivity index (χ2v) is 7.66. The Labute approximate surface area is 172 Å². The van der Waals surface area contributed by atoms with Crippen molar-refractivity contribution in [3.05, 3.63) is 47.5 Å². The van der Waals surface area contributed by atoms with Crippen molar-refractivity contribution in [3.63, 3.8) is 0 Å². The minimum absolute atomic E-state index is 0.477. The lowest BCUT2D eigenvalue weighted by Gasteiger charge is -2.33. The normalized spacial score (nSPS) is 16.3. The minimum Gasteiger partial charge on any atom is -0.356 e. The molecule has 0 atom stereocenters. The second kappa shape index (κ2) is 11.0. The average Bonchev–Trinajstić information content (AvgIpc) is 3.23. The first-order valence-corrected chi connectivity index (χ1v) is 10.4. The van der Waals surface area contributed by atoms with Gasteiger partial charge in [-0.3, -0.25) is 9.89 Å². The number of guanidine groups is 1. The van der Waals surface area contributed by atoms with Gasteiger partial charge in [0.05, 0.1) is 0 Å². The average molecular weight is 404 g/mol. The van der Waals surface area contributed by atoms with Crippen molar-refractivity contribution in [2.75, 3.05) is 26.7 Å². The van der Waals surface area contributed by atoms with E-state index in [0.29, 0.717) is 6.04 Å². The summed E-state index contributed by atoms with van der Waals surface area (Å²) in [6.07, 6.45) is 7.94. The van der Waals surface area contributed by atoms with Crippen LogP contribution in [0.1, 0.15) is 31.2 Å². The van der Waals surface area contributed by atoms with Crippen LogP contribution in [0.15, 0.2) is 41.9 Å². The smallest absolute Gasteiger partial charge is 0.191 e. The molecule has 0 bridgehead atoms. The van der Waals surface area contributed by atoms with E-state index in [0.717, 1.165) is 69.4 Å². The molecule has 1 fully saturated rings. The second-order valence-electron chi connectivity index (χ2n) is 7.23. The molecule has 1 aromatic carbocycles. The number of rotatable bonds is 8. The molecule has 0 saturated carbocycles. The van der Waals surface area contributed by atoms with Gasteiger partial charge in [0.2, 0.25) is 0 Å². The first kappa shape index (κ1) is 20.6. The molecule has 152 valence electrons. The van der Waals surface area contributed by atoms with Crippen molar-refractivity contribution < 1.29 is 0 Å². The van der Waals surface area contributed by atoms with Crippen molar-refractivity contribution in [2.24, 2.45) is 4.99 Å². The van der Waals surface area contributed by atoms with E-state index in [1.165, 1.54) is 5.56 Å². The molecule has 0 amide bonds. The van der Waals surface area contributed by atoms with Gasteiger partial charge in [0, 0.05) is 50.8 Å². The van der Waals surface area contributed by atoms with Crippen LogP contribution in [0.5, 0.6) is 0 Å². The van der Waals surface area contributed by atoms with E-state index >= 15 is 0 Å². The number of hydrogen-bond donors (Lipinski definition) is 2. The molecule has 1 aliphatic rings. The predicted molar refractivity (Wildman–Crippen MR) is 114 cm³/mol. The van der Waals surface area contributed by atoms with Crippen LogP contribution in [0.4, 0.5) is 0 Å². The zero-order chi connectivity index (χ0) is 19.6. The number of aromatic nitrogens is 3. The highest BCUT2D eigenvalue weighted by Gasteiger charge is 2.19. The topological polar surface area (TPSA) is 70.4 Å². The number of aryl methyl sites for hydroxylation is 1. The largest absolute Gasteiger partial charge is 0.356 e. The van der Waals surface area contributed by atoms with E-state index in [1.54, 1.807) is 12.7 Å². The quantitative estimate of drug-likeness (QED) is 0.402. The van der Waals surface area contributed by atoms with Gasteiger partial charge in [-0.05, 0) is 43.4 Å². The number of nitrogens with zero attached hydrogens (tertiary/aromatic N) is 5. The van der Waals surface area contributed by atoms with Crippen LogP contribution in [0.25, 0.3) is 0 Å². The summed E-state index contributed by atoms with van der Waals surface area (Å²) in [6, 6.07) is 8.63. The predicted octanol–water partition coefficient (Wildman–Crippen LogP) is 2.54. The molecule has 0 spiro atoms. The van der Waals surface area contributed by atoms with Crippen molar-refractivity contribution >= 4 is 17.6 Å². The van der Waals surface area contributed by atoms with Gasteiger partial charge in [0.15, 0.2) is 5.96 Å². The van der Waals surface area contributed by atoms with Gasteiger partial charge in [-0.15, -0.1) is 10.2 Å². The van der Waals surface area contributed by atoms with Gasteiger partial charge >= 0.3 is 0 Å². The summed E-state index contributed by atoms with van der Waals surface area (Å²) in [4.78, 5) is 6.87. The van der Waals surface area contributed by atoms with Crippen molar-refractivity contribution in [2.45, 2.75) is 44.8 Å². The maximum atomic E-state index is 5.97. The number of unbranched alkanes of at least 4 members (excludes halogenated alkanes) is 1. The molecule has 8 heteroatoms. The number of aliphatic imine (C=N–C) groups is 1. The summed E-state index contributed by atoms with van der Waals surface area (Å²) < 4.78 is 2.00. The number of halogens is 1. The van der Waals surface area contributed by atoms with Crippen molar-refractivity contribution in [3.8, 4) is 0 Å². The SMILES string of the molecule is CN=C(NCCCCn1cnnc1)NC1CCN(Cc2ccc(Cl)cc2)CC1. The summed E-state index contributed by atoms with van der Waals surface area (Å²) in [5, 5.41) is 15.4. The molecular weight excluding hydrogens is 374 g/mol. The standard InChI is InChI=1S/C20H30ClN7/c1-22-20(23-10-2-3-11-28-15-24-25-16-28)26-19-8-12-27(13-9-19)14-17-4-6-18(21)7-5-17/h4-7,15-16,19H,2-3,8-14H2,1H3,(H2,22,23,26). The highest BCUT2D eigenvalue weighted by Crippen LogP contribution is 2.16. The van der Waals surface area contributed by atoms with Gasteiger partial charge in [-0.25, -0.2) is 0 Å². The Morgan fingerprint density at radius 2 is 1.86 bits per heavy atom. The Hall–Kier alpha value is -2.12. The maximum Gasteiger partial charge on any atom is 0.191 e. The zero-order valence-electron chi connectivity index (χ0n) is 16.5. The van der Waals surface area contributed by atoms with Gasteiger partial charge < -0.3 is 15.2 Å². The molecule has 0 unspecified atom stereocenters. The number of nitrogens with one attached hydrogen (secondary N) is 2. The van der Waals surface area contributed by atoms with Gasteiger partial charge in [-0.1, -0.05) is 23.7 Å². The molecule has 2 heterocycles. The fourth-order valence-electron chi connectivity index (χ4n) is 3.44.